The van der Waals surface area contributed by atoms with E-state index in [-0.39, 0.29) is 31.1 Å². The molecule has 0 aromatic rings. The predicted octanol–water partition coefficient (Wildman–Crippen LogP) is 23.3. The van der Waals surface area contributed by atoms with Crippen molar-refractivity contribution >= 4 is 17.9 Å². The van der Waals surface area contributed by atoms with E-state index in [1.807, 2.05) is 0 Å². The maximum atomic E-state index is 12.9. The van der Waals surface area contributed by atoms with Crippen LogP contribution >= 0.6 is 0 Å². The molecule has 0 aromatic heterocycles. The minimum absolute atomic E-state index is 0.0800. The van der Waals surface area contributed by atoms with Crippen LogP contribution in [0.25, 0.3) is 0 Å². The van der Waals surface area contributed by atoms with Crippen molar-refractivity contribution in [3.63, 3.8) is 0 Å². The molecule has 0 aromatic carbocycles. The van der Waals surface area contributed by atoms with Crippen LogP contribution in [-0.2, 0) is 28.6 Å². The van der Waals surface area contributed by atoms with Crippen molar-refractivity contribution in [2.24, 2.45) is 0 Å². The average Bonchev–Trinajstić information content (AvgIpc) is 3.44. The lowest BCUT2D eigenvalue weighted by atomic mass is 10.0. The van der Waals surface area contributed by atoms with Gasteiger partial charge in [0.1, 0.15) is 13.2 Å². The molecule has 0 fully saturated rings. The summed E-state index contributed by atoms with van der Waals surface area (Å²) in [6.07, 6.45) is 86.3. The molecule has 0 radical (unpaired) electrons. The molecule has 0 N–H and O–H groups in total. The number of carbonyl (C=O) groups is 3. The summed E-state index contributed by atoms with van der Waals surface area (Å²) in [7, 11) is 0. The molecule has 452 valence electrons. The Balaban J connectivity index is 4.32. The Morgan fingerprint density at radius 2 is 0.474 bits per heavy atom. The first-order valence-corrected chi connectivity index (χ1v) is 33.9. The van der Waals surface area contributed by atoms with Gasteiger partial charge in [0.05, 0.1) is 0 Å². The SMILES string of the molecule is CCCC/C=C\C/C=C\CCCCCCCC(=O)OCC(COC(=O)CCCCCCCCCCCCC/C=C\C/C=C\CCCCCCC)OC(=O)CCCCCCCCCCCCC/C=C\C/C=C\CCCCCCC. The number of carbonyl (C=O) groups excluding carboxylic acids is 3. The first-order chi connectivity index (χ1) is 38.5. The topological polar surface area (TPSA) is 78.9 Å². The molecular formula is C72H128O6. The minimum Gasteiger partial charge on any atom is -0.462 e. The maximum Gasteiger partial charge on any atom is 0.306 e. The fourth-order valence-corrected chi connectivity index (χ4v) is 9.76. The molecule has 1 atom stereocenters. The molecule has 0 aliphatic rings. The molecule has 0 spiro atoms. The number of esters is 3. The van der Waals surface area contributed by atoms with Crippen LogP contribution in [0, 0.1) is 0 Å². The summed E-state index contributed by atoms with van der Waals surface area (Å²) in [4.78, 5) is 38.4. The Morgan fingerprint density at radius 3 is 0.744 bits per heavy atom. The van der Waals surface area contributed by atoms with Crippen molar-refractivity contribution in [1.82, 2.24) is 0 Å². The summed E-state index contributed by atoms with van der Waals surface area (Å²) < 4.78 is 17.0. The molecular weight excluding hydrogens is 961 g/mol. The number of hydrogen-bond donors (Lipinski definition) is 0. The maximum absolute atomic E-state index is 12.9. The molecule has 0 saturated carbocycles. The molecule has 0 amide bonds. The lowest BCUT2D eigenvalue weighted by molar-refractivity contribution is -0.167. The van der Waals surface area contributed by atoms with Gasteiger partial charge >= 0.3 is 17.9 Å². The zero-order chi connectivity index (χ0) is 56.4. The Kier molecular flexibility index (Phi) is 63.7. The number of ether oxygens (including phenoxy) is 3. The van der Waals surface area contributed by atoms with E-state index in [1.165, 1.54) is 218 Å². The van der Waals surface area contributed by atoms with E-state index < -0.39 is 6.10 Å². The Labute approximate surface area is 484 Å². The van der Waals surface area contributed by atoms with Gasteiger partial charge in [0.2, 0.25) is 0 Å². The van der Waals surface area contributed by atoms with Crippen LogP contribution < -0.4 is 0 Å². The summed E-state index contributed by atoms with van der Waals surface area (Å²) >= 11 is 0. The van der Waals surface area contributed by atoms with Crippen LogP contribution in [0.15, 0.2) is 72.9 Å². The van der Waals surface area contributed by atoms with Crippen LogP contribution in [-0.4, -0.2) is 37.2 Å². The molecule has 0 heterocycles. The number of rotatable bonds is 62. The molecule has 0 aliphatic carbocycles. The molecule has 78 heavy (non-hydrogen) atoms. The van der Waals surface area contributed by atoms with Crippen molar-refractivity contribution in [3.05, 3.63) is 72.9 Å². The van der Waals surface area contributed by atoms with Gasteiger partial charge in [0, 0.05) is 19.3 Å². The summed E-state index contributed by atoms with van der Waals surface area (Å²) in [5, 5.41) is 0. The highest BCUT2D eigenvalue weighted by molar-refractivity contribution is 5.71. The van der Waals surface area contributed by atoms with Crippen molar-refractivity contribution in [1.29, 1.82) is 0 Å². The van der Waals surface area contributed by atoms with Crippen LogP contribution in [0.1, 0.15) is 348 Å². The third-order valence-corrected chi connectivity index (χ3v) is 14.9. The monoisotopic (exact) mass is 1090 g/mol. The smallest absolute Gasteiger partial charge is 0.306 e. The van der Waals surface area contributed by atoms with Gasteiger partial charge in [-0.3, -0.25) is 14.4 Å². The third kappa shape index (κ3) is 63.7. The van der Waals surface area contributed by atoms with E-state index in [2.05, 4.69) is 93.7 Å². The van der Waals surface area contributed by atoms with Gasteiger partial charge in [-0.1, -0.05) is 293 Å². The highest BCUT2D eigenvalue weighted by Crippen LogP contribution is 2.17. The van der Waals surface area contributed by atoms with E-state index in [1.54, 1.807) is 0 Å². The second kappa shape index (κ2) is 66.4. The number of allylic oxidation sites excluding steroid dienone is 12. The second-order valence-corrected chi connectivity index (χ2v) is 22.7. The average molecular weight is 1090 g/mol. The van der Waals surface area contributed by atoms with Crippen LogP contribution in [0.5, 0.6) is 0 Å². The predicted molar refractivity (Wildman–Crippen MR) is 339 cm³/mol. The van der Waals surface area contributed by atoms with Crippen LogP contribution in [0.2, 0.25) is 0 Å². The van der Waals surface area contributed by atoms with Gasteiger partial charge in [-0.15, -0.1) is 0 Å². The lowest BCUT2D eigenvalue weighted by Crippen LogP contribution is -2.30. The van der Waals surface area contributed by atoms with E-state index in [0.29, 0.717) is 19.3 Å². The quantitative estimate of drug-likeness (QED) is 0.0261. The van der Waals surface area contributed by atoms with Crippen molar-refractivity contribution < 1.29 is 28.6 Å². The fraction of sp³-hybridized carbons (Fsp3) is 0.792. The van der Waals surface area contributed by atoms with E-state index in [4.69, 9.17) is 14.2 Å². The zero-order valence-electron chi connectivity index (χ0n) is 51.9. The third-order valence-electron chi connectivity index (χ3n) is 14.9. The van der Waals surface area contributed by atoms with Crippen molar-refractivity contribution in [3.8, 4) is 0 Å². The molecule has 0 bridgehead atoms. The first kappa shape index (κ1) is 74.8. The highest BCUT2D eigenvalue weighted by Gasteiger charge is 2.19. The summed E-state index contributed by atoms with van der Waals surface area (Å²) in [5.41, 5.74) is 0. The lowest BCUT2D eigenvalue weighted by Gasteiger charge is -2.18. The second-order valence-electron chi connectivity index (χ2n) is 22.7. The standard InChI is InChI=1S/C72H128O6/c1-4-7-10-13-16-19-22-25-28-30-32-34-36-38-40-42-44-47-50-53-56-59-62-65-71(74)77-68-69(67-76-70(73)64-61-58-55-52-49-46-27-24-21-18-15-12-9-6-3)78-72(75)66-63-60-57-54-51-48-45-43-41-39-37-35-33-31-29-26-23-20-17-14-11-8-5-2/h15,18,22-27,30-33,69H,4-14,16-17,19-21,28-29,34-68H2,1-3H3/b18-15-,25-22-,26-23-,27-24-,32-30-,33-31-. The molecule has 0 aliphatic heterocycles. The summed E-state index contributed by atoms with van der Waals surface area (Å²) in [5.74, 6) is -0.881. The van der Waals surface area contributed by atoms with E-state index in [9.17, 15) is 14.4 Å². The fourth-order valence-electron chi connectivity index (χ4n) is 9.76. The Morgan fingerprint density at radius 1 is 0.256 bits per heavy atom. The summed E-state index contributed by atoms with van der Waals surface area (Å²) in [6.45, 7) is 6.61. The molecule has 6 heteroatoms. The van der Waals surface area contributed by atoms with Gasteiger partial charge in [-0.2, -0.15) is 0 Å². The minimum atomic E-state index is -0.785. The van der Waals surface area contributed by atoms with Gasteiger partial charge in [0.25, 0.3) is 0 Å². The van der Waals surface area contributed by atoms with Gasteiger partial charge < -0.3 is 14.2 Å². The normalized spacial score (nSPS) is 12.5. The van der Waals surface area contributed by atoms with E-state index in [0.717, 1.165) is 89.9 Å². The van der Waals surface area contributed by atoms with Crippen LogP contribution in [0.4, 0.5) is 0 Å². The largest absolute Gasteiger partial charge is 0.462 e. The molecule has 1 unspecified atom stereocenters. The van der Waals surface area contributed by atoms with Crippen molar-refractivity contribution in [2.75, 3.05) is 13.2 Å². The van der Waals surface area contributed by atoms with E-state index >= 15 is 0 Å². The van der Waals surface area contributed by atoms with Crippen LogP contribution in [0.3, 0.4) is 0 Å². The molecule has 0 rings (SSSR count). The Bertz CT molecular complexity index is 1440. The molecule has 6 nitrogen and oxygen atoms in total. The van der Waals surface area contributed by atoms with Gasteiger partial charge in [-0.25, -0.2) is 0 Å². The number of unbranched alkanes of at least 4 members (excludes halogenated alkanes) is 39. The summed E-state index contributed by atoms with van der Waals surface area (Å²) in [6, 6.07) is 0. The first-order valence-electron chi connectivity index (χ1n) is 33.9. The van der Waals surface area contributed by atoms with Gasteiger partial charge in [-0.05, 0) is 109 Å². The number of hydrogen-bond acceptors (Lipinski definition) is 6. The molecule has 0 saturated heterocycles. The Hall–Kier alpha value is -3.15. The van der Waals surface area contributed by atoms with Crippen molar-refractivity contribution in [2.45, 2.75) is 354 Å². The zero-order valence-corrected chi connectivity index (χ0v) is 51.9. The van der Waals surface area contributed by atoms with Gasteiger partial charge in [0.15, 0.2) is 6.10 Å². The highest BCUT2D eigenvalue weighted by atomic mass is 16.6.